The minimum atomic E-state index is 0.199. The first-order valence-electron chi connectivity index (χ1n) is 7.14. The second-order valence-electron chi connectivity index (χ2n) is 5.56. The summed E-state index contributed by atoms with van der Waals surface area (Å²) in [5.74, 6) is 0.702. The lowest BCUT2D eigenvalue weighted by Crippen LogP contribution is -2.46. The molecule has 3 rings (SSSR count). The number of rotatable bonds is 4. The molecule has 0 aliphatic carbocycles. The van der Waals surface area contributed by atoms with Crippen molar-refractivity contribution in [3.63, 3.8) is 0 Å². The molecule has 2 aliphatic rings. The van der Waals surface area contributed by atoms with Gasteiger partial charge in [0, 0.05) is 25.7 Å². The Hall–Kier alpha value is -0.810. The zero-order valence-corrected chi connectivity index (χ0v) is 12.5. The van der Waals surface area contributed by atoms with E-state index in [0.717, 1.165) is 18.7 Å². The van der Waals surface area contributed by atoms with Crippen LogP contribution in [0.3, 0.4) is 0 Å². The van der Waals surface area contributed by atoms with Gasteiger partial charge in [0.15, 0.2) is 0 Å². The summed E-state index contributed by atoms with van der Waals surface area (Å²) in [5, 5.41) is 0.639. The van der Waals surface area contributed by atoms with Crippen LogP contribution in [0.2, 0.25) is 5.02 Å². The van der Waals surface area contributed by atoms with Gasteiger partial charge in [0.05, 0.1) is 24.3 Å². The van der Waals surface area contributed by atoms with Crippen molar-refractivity contribution in [1.82, 2.24) is 4.90 Å². The predicted octanol–water partition coefficient (Wildman–Crippen LogP) is 2.21. The van der Waals surface area contributed by atoms with Crippen molar-refractivity contribution in [2.24, 2.45) is 5.73 Å². The number of nitrogens with zero attached hydrogens (tertiary/aromatic N) is 1. The van der Waals surface area contributed by atoms with Crippen LogP contribution >= 0.6 is 11.6 Å². The molecule has 3 unspecified atom stereocenters. The summed E-state index contributed by atoms with van der Waals surface area (Å²) in [4.78, 5) is 2.43. The van der Waals surface area contributed by atoms with E-state index in [-0.39, 0.29) is 6.04 Å². The Kier molecular flexibility index (Phi) is 4.17. The lowest BCUT2D eigenvalue weighted by atomic mass is 10.0. The smallest absolute Gasteiger partial charge is 0.137 e. The van der Waals surface area contributed by atoms with Crippen LogP contribution < -0.4 is 10.5 Å². The van der Waals surface area contributed by atoms with Crippen molar-refractivity contribution in [2.45, 2.75) is 31.1 Å². The molecule has 2 fully saturated rings. The largest absolute Gasteiger partial charge is 0.495 e. The molecule has 0 radical (unpaired) electrons. The normalized spacial score (nSPS) is 27.6. The summed E-state index contributed by atoms with van der Waals surface area (Å²) >= 11 is 6.23. The fourth-order valence-corrected chi connectivity index (χ4v) is 3.55. The number of morpholine rings is 1. The van der Waals surface area contributed by atoms with Crippen LogP contribution in [0.4, 0.5) is 0 Å². The summed E-state index contributed by atoms with van der Waals surface area (Å²) in [6.07, 6.45) is 3.08. The molecule has 2 bridgehead atoms. The Morgan fingerprint density at radius 1 is 1.40 bits per heavy atom. The van der Waals surface area contributed by atoms with Gasteiger partial charge in [-0.1, -0.05) is 17.7 Å². The van der Waals surface area contributed by atoms with Crippen molar-refractivity contribution < 1.29 is 9.47 Å². The number of methoxy groups -OCH3 is 1. The van der Waals surface area contributed by atoms with Gasteiger partial charge in [-0.3, -0.25) is 4.90 Å². The maximum absolute atomic E-state index is 6.23. The third kappa shape index (κ3) is 2.66. The molecule has 3 atom stereocenters. The molecular weight excluding hydrogens is 276 g/mol. The predicted molar refractivity (Wildman–Crippen MR) is 79.3 cm³/mol. The third-order valence-corrected chi connectivity index (χ3v) is 4.59. The fourth-order valence-electron chi connectivity index (χ4n) is 3.29. The number of fused-ring (bicyclic) bond motifs is 2. The number of benzene rings is 1. The molecule has 1 aromatic rings. The van der Waals surface area contributed by atoms with Gasteiger partial charge in [-0.25, -0.2) is 0 Å². The summed E-state index contributed by atoms with van der Waals surface area (Å²) in [7, 11) is 1.63. The molecule has 0 amide bonds. The van der Waals surface area contributed by atoms with Crippen LogP contribution in [0, 0.1) is 0 Å². The molecule has 2 heterocycles. The summed E-state index contributed by atoms with van der Waals surface area (Å²) in [6, 6.07) is 6.13. The Labute approximate surface area is 124 Å². The van der Waals surface area contributed by atoms with Crippen LogP contribution in [-0.2, 0) is 4.74 Å². The second kappa shape index (κ2) is 5.90. The van der Waals surface area contributed by atoms with Crippen LogP contribution in [0.5, 0.6) is 5.75 Å². The molecular formula is C15H21ClN2O2. The van der Waals surface area contributed by atoms with E-state index in [9.17, 15) is 0 Å². The molecule has 0 spiro atoms. The molecule has 0 aromatic heterocycles. The van der Waals surface area contributed by atoms with E-state index in [1.165, 1.54) is 12.8 Å². The zero-order chi connectivity index (χ0) is 14.1. The SMILES string of the molecule is COc1ccc(C(CN)N2CC3CCC(C2)O3)cc1Cl. The van der Waals surface area contributed by atoms with Crippen molar-refractivity contribution in [2.75, 3.05) is 26.7 Å². The summed E-state index contributed by atoms with van der Waals surface area (Å²) in [6.45, 7) is 2.51. The average molecular weight is 297 g/mol. The van der Waals surface area contributed by atoms with Crippen molar-refractivity contribution in [3.05, 3.63) is 28.8 Å². The molecule has 2 aliphatic heterocycles. The molecule has 1 aromatic carbocycles. The Morgan fingerprint density at radius 2 is 2.10 bits per heavy atom. The van der Waals surface area contributed by atoms with Crippen molar-refractivity contribution in [3.8, 4) is 5.75 Å². The summed E-state index contributed by atoms with van der Waals surface area (Å²) < 4.78 is 11.1. The molecule has 2 saturated heterocycles. The number of hydrogen-bond acceptors (Lipinski definition) is 4. The average Bonchev–Trinajstić information content (AvgIpc) is 2.79. The van der Waals surface area contributed by atoms with Crippen LogP contribution in [-0.4, -0.2) is 43.9 Å². The van der Waals surface area contributed by atoms with Crippen molar-refractivity contribution >= 4 is 11.6 Å². The van der Waals surface area contributed by atoms with Gasteiger partial charge >= 0.3 is 0 Å². The molecule has 2 N–H and O–H groups in total. The van der Waals surface area contributed by atoms with Gasteiger partial charge in [-0.05, 0) is 30.5 Å². The standard InChI is InChI=1S/C15H21ClN2O2/c1-19-15-5-2-10(6-13(15)16)14(7-17)18-8-11-3-4-12(9-18)20-11/h2,5-6,11-12,14H,3-4,7-9,17H2,1H3. The van der Waals surface area contributed by atoms with Crippen LogP contribution in [0.1, 0.15) is 24.4 Å². The van der Waals surface area contributed by atoms with Gasteiger partial charge in [0.1, 0.15) is 5.75 Å². The maximum Gasteiger partial charge on any atom is 0.137 e. The lowest BCUT2D eigenvalue weighted by molar-refractivity contribution is -0.0521. The van der Waals surface area contributed by atoms with Crippen LogP contribution in [0.25, 0.3) is 0 Å². The third-order valence-electron chi connectivity index (χ3n) is 4.30. The van der Waals surface area contributed by atoms with Gasteiger partial charge in [0.2, 0.25) is 0 Å². The van der Waals surface area contributed by atoms with Crippen molar-refractivity contribution in [1.29, 1.82) is 0 Å². The molecule has 0 saturated carbocycles. The maximum atomic E-state index is 6.23. The second-order valence-corrected chi connectivity index (χ2v) is 5.96. The zero-order valence-electron chi connectivity index (χ0n) is 11.7. The first-order chi connectivity index (χ1) is 9.71. The Balaban J connectivity index is 1.80. The minimum absolute atomic E-state index is 0.199. The number of hydrogen-bond donors (Lipinski definition) is 1. The van der Waals surface area contributed by atoms with Gasteiger partial charge in [0.25, 0.3) is 0 Å². The van der Waals surface area contributed by atoms with Crippen LogP contribution in [0.15, 0.2) is 18.2 Å². The number of likely N-dealkylation sites (tertiary alicyclic amines) is 1. The first-order valence-corrected chi connectivity index (χ1v) is 7.52. The molecule has 20 heavy (non-hydrogen) atoms. The fraction of sp³-hybridized carbons (Fsp3) is 0.600. The highest BCUT2D eigenvalue weighted by Crippen LogP contribution is 2.34. The number of halogens is 1. The van der Waals surface area contributed by atoms with E-state index in [2.05, 4.69) is 11.0 Å². The van der Waals surface area contributed by atoms with E-state index < -0.39 is 0 Å². The molecule has 110 valence electrons. The first kappa shape index (κ1) is 14.1. The molecule has 4 nitrogen and oxygen atoms in total. The van der Waals surface area contributed by atoms with E-state index in [1.54, 1.807) is 7.11 Å². The van der Waals surface area contributed by atoms with E-state index in [1.807, 2.05) is 12.1 Å². The van der Waals surface area contributed by atoms with Gasteiger partial charge in [-0.2, -0.15) is 0 Å². The lowest BCUT2D eigenvalue weighted by Gasteiger charge is -2.37. The Morgan fingerprint density at radius 3 is 2.65 bits per heavy atom. The monoisotopic (exact) mass is 296 g/mol. The number of nitrogens with two attached hydrogens (primary N) is 1. The Bertz CT molecular complexity index is 471. The highest BCUT2D eigenvalue weighted by atomic mass is 35.5. The summed E-state index contributed by atoms with van der Waals surface area (Å²) in [5.41, 5.74) is 7.16. The highest BCUT2D eigenvalue weighted by Gasteiger charge is 2.36. The molecule has 5 heteroatoms. The van der Waals surface area contributed by atoms with E-state index >= 15 is 0 Å². The van der Waals surface area contributed by atoms with Gasteiger partial charge < -0.3 is 15.2 Å². The quantitative estimate of drug-likeness (QED) is 0.925. The van der Waals surface area contributed by atoms with Gasteiger partial charge in [-0.15, -0.1) is 0 Å². The number of ether oxygens (including phenoxy) is 2. The highest BCUT2D eigenvalue weighted by molar-refractivity contribution is 6.32. The topological polar surface area (TPSA) is 47.7 Å². The van der Waals surface area contributed by atoms with E-state index in [4.69, 9.17) is 26.8 Å². The van der Waals surface area contributed by atoms with E-state index in [0.29, 0.717) is 29.5 Å². The minimum Gasteiger partial charge on any atom is -0.495 e.